The number of benzene rings is 1. The highest BCUT2D eigenvalue weighted by Crippen LogP contribution is 2.48. The first-order chi connectivity index (χ1) is 13.6. The van der Waals surface area contributed by atoms with E-state index in [-0.39, 0.29) is 23.3 Å². The number of carbonyl (C=O) groups is 2. The Morgan fingerprint density at radius 3 is 2.82 bits per heavy atom. The highest BCUT2D eigenvalue weighted by Gasteiger charge is 2.50. The summed E-state index contributed by atoms with van der Waals surface area (Å²) >= 11 is 0. The standard InChI is InChI=1S/C23H27N3O2/c1-17-7-6-14-24-21(17)22(28)25-16-23-12-5-10-19(23)26(20(27)11-13-23)15-18-8-3-2-4-9-18/h2-4,6-9,14,19H,5,10-13,15-16H2,1H3,(H,25,28)/t19-,23+/m1/s1. The minimum Gasteiger partial charge on any atom is -0.350 e. The van der Waals surface area contributed by atoms with Crippen LogP contribution in [-0.2, 0) is 11.3 Å². The number of nitrogens with zero attached hydrogens (tertiary/aromatic N) is 2. The molecule has 2 aromatic rings. The van der Waals surface area contributed by atoms with Gasteiger partial charge in [0.1, 0.15) is 5.69 Å². The Kier molecular flexibility index (Phi) is 5.16. The van der Waals surface area contributed by atoms with Gasteiger partial charge in [0.2, 0.25) is 5.91 Å². The predicted octanol–water partition coefficient (Wildman–Crippen LogP) is 3.48. The highest BCUT2D eigenvalue weighted by molar-refractivity contribution is 5.93. The van der Waals surface area contributed by atoms with Crippen LogP contribution >= 0.6 is 0 Å². The number of fused-ring (bicyclic) bond motifs is 1. The first kappa shape index (κ1) is 18.7. The lowest BCUT2D eigenvalue weighted by Crippen LogP contribution is -2.55. The molecule has 0 bridgehead atoms. The number of pyridine rings is 1. The fourth-order valence-corrected chi connectivity index (χ4v) is 4.91. The molecule has 2 amide bonds. The van der Waals surface area contributed by atoms with Crippen molar-refractivity contribution in [3.05, 3.63) is 65.5 Å². The van der Waals surface area contributed by atoms with Crippen molar-refractivity contribution in [2.45, 2.75) is 51.6 Å². The van der Waals surface area contributed by atoms with Gasteiger partial charge in [-0.05, 0) is 43.4 Å². The normalized spacial score (nSPS) is 24.1. The van der Waals surface area contributed by atoms with Gasteiger partial charge in [-0.1, -0.05) is 42.8 Å². The molecule has 1 aliphatic carbocycles. The molecule has 2 heterocycles. The summed E-state index contributed by atoms with van der Waals surface area (Å²) in [4.78, 5) is 31.7. The molecule has 2 atom stereocenters. The number of piperidine rings is 1. The van der Waals surface area contributed by atoms with Gasteiger partial charge in [0, 0.05) is 37.2 Å². The maximum absolute atomic E-state index is 12.7. The molecule has 5 heteroatoms. The lowest BCUT2D eigenvalue weighted by molar-refractivity contribution is -0.142. The summed E-state index contributed by atoms with van der Waals surface area (Å²) in [5, 5.41) is 3.13. The summed E-state index contributed by atoms with van der Waals surface area (Å²) in [6, 6.07) is 14.1. The lowest BCUT2D eigenvalue weighted by atomic mass is 9.74. The Bertz CT molecular complexity index is 867. The van der Waals surface area contributed by atoms with Crippen LogP contribution in [0.4, 0.5) is 0 Å². The van der Waals surface area contributed by atoms with E-state index >= 15 is 0 Å². The molecule has 1 saturated heterocycles. The zero-order chi connectivity index (χ0) is 19.6. The summed E-state index contributed by atoms with van der Waals surface area (Å²) in [7, 11) is 0. The number of carbonyl (C=O) groups excluding carboxylic acids is 2. The van der Waals surface area contributed by atoms with Crippen molar-refractivity contribution in [2.75, 3.05) is 6.54 Å². The summed E-state index contributed by atoms with van der Waals surface area (Å²) in [6.07, 6.45) is 6.22. The number of hydrogen-bond donors (Lipinski definition) is 1. The van der Waals surface area contributed by atoms with Crippen LogP contribution in [0.15, 0.2) is 48.7 Å². The third-order valence-electron chi connectivity index (χ3n) is 6.41. The summed E-state index contributed by atoms with van der Waals surface area (Å²) < 4.78 is 0. The average Bonchev–Trinajstić information content (AvgIpc) is 3.14. The van der Waals surface area contributed by atoms with Gasteiger partial charge in [0.05, 0.1) is 0 Å². The van der Waals surface area contributed by atoms with Crippen molar-refractivity contribution in [1.29, 1.82) is 0 Å². The molecule has 2 fully saturated rings. The maximum Gasteiger partial charge on any atom is 0.270 e. The Morgan fingerprint density at radius 1 is 1.21 bits per heavy atom. The van der Waals surface area contributed by atoms with Crippen LogP contribution in [0.3, 0.4) is 0 Å². The minimum atomic E-state index is -0.121. The van der Waals surface area contributed by atoms with Crippen LogP contribution in [0.2, 0.25) is 0 Å². The molecule has 146 valence electrons. The topological polar surface area (TPSA) is 62.3 Å². The molecular weight excluding hydrogens is 350 g/mol. The van der Waals surface area contributed by atoms with E-state index in [9.17, 15) is 9.59 Å². The van der Waals surface area contributed by atoms with Crippen LogP contribution in [0.5, 0.6) is 0 Å². The fourth-order valence-electron chi connectivity index (χ4n) is 4.91. The number of nitrogens with one attached hydrogen (secondary N) is 1. The number of likely N-dealkylation sites (tertiary alicyclic amines) is 1. The third-order valence-corrected chi connectivity index (χ3v) is 6.41. The minimum absolute atomic E-state index is 0.0268. The average molecular weight is 377 g/mol. The largest absolute Gasteiger partial charge is 0.350 e. The molecule has 28 heavy (non-hydrogen) atoms. The second-order valence-corrected chi connectivity index (χ2v) is 8.13. The first-order valence-electron chi connectivity index (χ1n) is 10.1. The molecule has 0 unspecified atom stereocenters. The number of amides is 2. The van der Waals surface area contributed by atoms with Crippen LogP contribution in [0.25, 0.3) is 0 Å². The molecule has 0 spiro atoms. The van der Waals surface area contributed by atoms with Gasteiger partial charge in [-0.2, -0.15) is 0 Å². The Hall–Kier alpha value is -2.69. The molecule has 1 aromatic carbocycles. The van der Waals surface area contributed by atoms with Gasteiger partial charge in [-0.3, -0.25) is 14.6 Å². The number of hydrogen-bond acceptors (Lipinski definition) is 3. The first-order valence-corrected chi connectivity index (χ1v) is 10.1. The van der Waals surface area contributed by atoms with Crippen LogP contribution in [0.1, 0.15) is 53.7 Å². The lowest BCUT2D eigenvalue weighted by Gasteiger charge is -2.46. The van der Waals surface area contributed by atoms with Gasteiger partial charge >= 0.3 is 0 Å². The van der Waals surface area contributed by atoms with E-state index < -0.39 is 0 Å². The van der Waals surface area contributed by atoms with E-state index in [1.165, 1.54) is 0 Å². The Balaban J connectivity index is 1.50. The van der Waals surface area contributed by atoms with E-state index in [0.29, 0.717) is 25.2 Å². The van der Waals surface area contributed by atoms with Gasteiger partial charge in [-0.25, -0.2) is 0 Å². The fraction of sp³-hybridized carbons (Fsp3) is 0.435. The highest BCUT2D eigenvalue weighted by atomic mass is 16.2. The molecule has 1 N–H and O–H groups in total. The number of rotatable bonds is 5. The zero-order valence-corrected chi connectivity index (χ0v) is 16.4. The van der Waals surface area contributed by atoms with Gasteiger partial charge in [0.25, 0.3) is 5.91 Å². The van der Waals surface area contributed by atoms with Crippen molar-refractivity contribution in [1.82, 2.24) is 15.2 Å². The van der Waals surface area contributed by atoms with E-state index in [1.54, 1.807) is 6.20 Å². The molecule has 1 saturated carbocycles. The predicted molar refractivity (Wildman–Crippen MR) is 108 cm³/mol. The quantitative estimate of drug-likeness (QED) is 0.868. The summed E-state index contributed by atoms with van der Waals surface area (Å²) in [5.41, 5.74) is 2.50. The Morgan fingerprint density at radius 2 is 2.04 bits per heavy atom. The molecule has 1 aliphatic heterocycles. The second-order valence-electron chi connectivity index (χ2n) is 8.13. The summed E-state index contributed by atoms with van der Waals surface area (Å²) in [5.74, 6) is 0.114. The van der Waals surface area contributed by atoms with E-state index in [0.717, 1.165) is 36.8 Å². The monoisotopic (exact) mass is 377 g/mol. The van der Waals surface area contributed by atoms with Crippen molar-refractivity contribution in [2.24, 2.45) is 5.41 Å². The second kappa shape index (κ2) is 7.74. The van der Waals surface area contributed by atoms with Crippen molar-refractivity contribution in [3.63, 3.8) is 0 Å². The van der Waals surface area contributed by atoms with Gasteiger partial charge in [-0.15, -0.1) is 0 Å². The Labute approximate surface area is 166 Å². The molecule has 2 aliphatic rings. The maximum atomic E-state index is 12.7. The number of aromatic nitrogens is 1. The summed E-state index contributed by atoms with van der Waals surface area (Å²) in [6.45, 7) is 3.16. The van der Waals surface area contributed by atoms with E-state index in [1.807, 2.05) is 37.3 Å². The number of aryl methyl sites for hydroxylation is 1. The van der Waals surface area contributed by atoms with Crippen LogP contribution in [-0.4, -0.2) is 34.3 Å². The van der Waals surface area contributed by atoms with Crippen LogP contribution in [0, 0.1) is 12.3 Å². The smallest absolute Gasteiger partial charge is 0.270 e. The molecule has 1 aromatic heterocycles. The van der Waals surface area contributed by atoms with Crippen LogP contribution < -0.4 is 5.32 Å². The van der Waals surface area contributed by atoms with Crippen molar-refractivity contribution < 1.29 is 9.59 Å². The molecular formula is C23H27N3O2. The zero-order valence-electron chi connectivity index (χ0n) is 16.4. The molecule has 0 radical (unpaired) electrons. The van der Waals surface area contributed by atoms with E-state index in [4.69, 9.17) is 0 Å². The van der Waals surface area contributed by atoms with Gasteiger partial charge < -0.3 is 10.2 Å². The SMILES string of the molecule is Cc1cccnc1C(=O)NC[C@@]12CCC[C@H]1N(Cc1ccccc1)C(=O)CC2. The van der Waals surface area contributed by atoms with E-state index in [2.05, 4.69) is 27.3 Å². The van der Waals surface area contributed by atoms with Crippen molar-refractivity contribution in [3.8, 4) is 0 Å². The van der Waals surface area contributed by atoms with Gasteiger partial charge in [0.15, 0.2) is 0 Å². The molecule has 5 nitrogen and oxygen atoms in total. The van der Waals surface area contributed by atoms with Crippen molar-refractivity contribution >= 4 is 11.8 Å². The molecule has 4 rings (SSSR count). The third kappa shape index (κ3) is 3.53.